The first kappa shape index (κ1) is 16.4. The van der Waals surface area contributed by atoms with Crippen LogP contribution in [0, 0.1) is 16.0 Å². The highest BCUT2D eigenvalue weighted by atomic mass is 79.9. The number of nitro benzene ring substituents is 1. The molecule has 0 aromatic heterocycles. The highest BCUT2D eigenvalue weighted by Gasteiger charge is 2.19. The molecule has 1 aromatic carbocycles. The minimum Gasteiger partial charge on any atom is -0.310 e. The molecule has 0 bridgehead atoms. The SMILES string of the molecule is C[C@@H](NCc1ccc(Br)c([N+](=O)[O-])c1)C1CCCCCC1. The van der Waals surface area contributed by atoms with Gasteiger partial charge in [-0.15, -0.1) is 0 Å². The molecule has 1 aromatic rings. The summed E-state index contributed by atoms with van der Waals surface area (Å²) in [4.78, 5) is 10.6. The molecule has 5 heteroatoms. The van der Waals surface area contributed by atoms with E-state index in [2.05, 4.69) is 28.2 Å². The molecular weight excluding hydrogens is 332 g/mol. The van der Waals surface area contributed by atoms with Gasteiger partial charge in [0, 0.05) is 18.7 Å². The highest BCUT2D eigenvalue weighted by molar-refractivity contribution is 9.10. The molecule has 0 spiro atoms. The number of nitro groups is 1. The lowest BCUT2D eigenvalue weighted by molar-refractivity contribution is -0.385. The quantitative estimate of drug-likeness (QED) is 0.469. The van der Waals surface area contributed by atoms with Crippen LogP contribution in [0.1, 0.15) is 51.0 Å². The second-order valence-electron chi connectivity index (χ2n) is 5.96. The third kappa shape index (κ3) is 4.78. The zero-order valence-corrected chi connectivity index (χ0v) is 14.1. The molecule has 0 saturated heterocycles. The molecular formula is C16H23BrN2O2. The first-order valence-electron chi connectivity index (χ1n) is 7.74. The molecule has 4 nitrogen and oxygen atoms in total. The summed E-state index contributed by atoms with van der Waals surface area (Å²) in [5.74, 6) is 0.734. The van der Waals surface area contributed by atoms with Gasteiger partial charge in [-0.05, 0) is 53.2 Å². The van der Waals surface area contributed by atoms with Crippen molar-refractivity contribution in [1.82, 2.24) is 5.32 Å². The van der Waals surface area contributed by atoms with Gasteiger partial charge in [-0.25, -0.2) is 0 Å². The van der Waals surface area contributed by atoms with Gasteiger partial charge in [-0.2, -0.15) is 0 Å². The summed E-state index contributed by atoms with van der Waals surface area (Å²) in [6.45, 7) is 2.93. The molecule has 0 amide bonds. The van der Waals surface area contributed by atoms with Gasteiger partial charge in [0.05, 0.1) is 9.40 Å². The molecule has 1 fully saturated rings. The summed E-state index contributed by atoms with van der Waals surface area (Å²) in [5, 5.41) is 14.5. The van der Waals surface area contributed by atoms with Gasteiger partial charge in [0.15, 0.2) is 0 Å². The van der Waals surface area contributed by atoms with E-state index in [1.807, 2.05) is 6.07 Å². The minimum absolute atomic E-state index is 0.136. The maximum absolute atomic E-state index is 11.0. The molecule has 0 radical (unpaired) electrons. The highest BCUT2D eigenvalue weighted by Crippen LogP contribution is 2.27. The van der Waals surface area contributed by atoms with Gasteiger partial charge < -0.3 is 5.32 Å². The van der Waals surface area contributed by atoms with Crippen LogP contribution in [0.2, 0.25) is 0 Å². The van der Waals surface area contributed by atoms with Crippen LogP contribution in [0.25, 0.3) is 0 Å². The predicted octanol–water partition coefficient (Wildman–Crippen LogP) is 4.81. The summed E-state index contributed by atoms with van der Waals surface area (Å²) < 4.78 is 0.535. The Kier molecular flexibility index (Phi) is 6.18. The average Bonchev–Trinajstić information content (AvgIpc) is 2.75. The van der Waals surface area contributed by atoms with Crippen molar-refractivity contribution in [2.75, 3.05) is 0 Å². The zero-order chi connectivity index (χ0) is 15.2. The van der Waals surface area contributed by atoms with Gasteiger partial charge in [0.2, 0.25) is 0 Å². The molecule has 1 N–H and O–H groups in total. The summed E-state index contributed by atoms with van der Waals surface area (Å²) in [7, 11) is 0. The van der Waals surface area contributed by atoms with Crippen LogP contribution < -0.4 is 5.32 Å². The Morgan fingerprint density at radius 2 is 2.00 bits per heavy atom. The first-order valence-corrected chi connectivity index (χ1v) is 8.53. The Morgan fingerprint density at radius 1 is 1.33 bits per heavy atom. The normalized spacial score (nSPS) is 18.2. The molecule has 116 valence electrons. The number of halogens is 1. The number of nitrogens with one attached hydrogen (secondary N) is 1. The van der Waals surface area contributed by atoms with Crippen molar-refractivity contribution in [2.24, 2.45) is 5.92 Å². The van der Waals surface area contributed by atoms with Crippen LogP contribution in [-0.2, 0) is 6.54 Å². The Balaban J connectivity index is 1.92. The van der Waals surface area contributed by atoms with Crippen LogP contribution in [0.5, 0.6) is 0 Å². The van der Waals surface area contributed by atoms with Gasteiger partial charge in [-0.1, -0.05) is 31.7 Å². The fourth-order valence-corrected chi connectivity index (χ4v) is 3.46. The summed E-state index contributed by atoms with van der Waals surface area (Å²) >= 11 is 3.22. The van der Waals surface area contributed by atoms with Crippen molar-refractivity contribution >= 4 is 21.6 Å². The van der Waals surface area contributed by atoms with Crippen molar-refractivity contribution in [2.45, 2.75) is 58.0 Å². The van der Waals surface area contributed by atoms with Crippen molar-refractivity contribution in [3.8, 4) is 0 Å². The summed E-state index contributed by atoms with van der Waals surface area (Å²) in [5.41, 5.74) is 1.10. The first-order chi connectivity index (χ1) is 10.1. The number of benzene rings is 1. The molecule has 1 saturated carbocycles. The Hall–Kier alpha value is -0.940. The van der Waals surface area contributed by atoms with Crippen LogP contribution in [0.15, 0.2) is 22.7 Å². The minimum atomic E-state index is -0.345. The van der Waals surface area contributed by atoms with Gasteiger partial charge in [0.1, 0.15) is 0 Å². The Morgan fingerprint density at radius 3 is 2.62 bits per heavy atom. The van der Waals surface area contributed by atoms with E-state index >= 15 is 0 Å². The van der Waals surface area contributed by atoms with E-state index in [9.17, 15) is 10.1 Å². The fourth-order valence-electron chi connectivity index (χ4n) is 3.06. The van der Waals surface area contributed by atoms with Gasteiger partial charge >= 0.3 is 0 Å². The van der Waals surface area contributed by atoms with E-state index in [4.69, 9.17) is 0 Å². The van der Waals surface area contributed by atoms with E-state index in [0.717, 1.165) is 11.5 Å². The molecule has 21 heavy (non-hydrogen) atoms. The van der Waals surface area contributed by atoms with Crippen molar-refractivity contribution in [3.05, 3.63) is 38.3 Å². The van der Waals surface area contributed by atoms with E-state index in [0.29, 0.717) is 17.1 Å². The largest absolute Gasteiger partial charge is 0.310 e. The second kappa shape index (κ2) is 7.90. The topological polar surface area (TPSA) is 55.2 Å². The molecule has 0 aliphatic heterocycles. The van der Waals surface area contributed by atoms with Crippen molar-refractivity contribution in [3.63, 3.8) is 0 Å². The number of nitrogens with zero attached hydrogens (tertiary/aromatic N) is 1. The molecule has 1 aliphatic carbocycles. The maximum atomic E-state index is 11.0. The Bertz CT molecular complexity index is 485. The van der Waals surface area contributed by atoms with Crippen LogP contribution in [0.4, 0.5) is 5.69 Å². The van der Waals surface area contributed by atoms with Crippen molar-refractivity contribution in [1.29, 1.82) is 0 Å². The molecule has 1 atom stereocenters. The van der Waals surface area contributed by atoms with Crippen LogP contribution in [0.3, 0.4) is 0 Å². The third-order valence-corrected chi connectivity index (χ3v) is 5.11. The van der Waals surface area contributed by atoms with Gasteiger partial charge in [0.25, 0.3) is 5.69 Å². The van der Waals surface area contributed by atoms with E-state index < -0.39 is 0 Å². The molecule has 0 unspecified atom stereocenters. The molecule has 0 heterocycles. The smallest absolute Gasteiger partial charge is 0.283 e. The average molecular weight is 355 g/mol. The van der Waals surface area contributed by atoms with Gasteiger partial charge in [-0.3, -0.25) is 10.1 Å². The maximum Gasteiger partial charge on any atom is 0.283 e. The van der Waals surface area contributed by atoms with E-state index in [1.165, 1.54) is 38.5 Å². The number of hydrogen-bond acceptors (Lipinski definition) is 3. The van der Waals surface area contributed by atoms with Crippen molar-refractivity contribution < 1.29 is 4.92 Å². The predicted molar refractivity (Wildman–Crippen MR) is 88.3 cm³/mol. The standard InChI is InChI=1S/C16H23BrN2O2/c1-12(14-6-4-2-3-5-7-14)18-11-13-8-9-15(17)16(10-13)19(20)21/h8-10,12,14,18H,2-7,11H2,1H3/t12-/m1/s1. The van der Waals surface area contributed by atoms with E-state index in [-0.39, 0.29) is 10.6 Å². The number of hydrogen-bond donors (Lipinski definition) is 1. The van der Waals surface area contributed by atoms with E-state index in [1.54, 1.807) is 12.1 Å². The fraction of sp³-hybridized carbons (Fsp3) is 0.625. The lowest BCUT2D eigenvalue weighted by atomic mass is 9.93. The van der Waals surface area contributed by atoms with Crippen LogP contribution >= 0.6 is 15.9 Å². The number of rotatable bonds is 5. The second-order valence-corrected chi connectivity index (χ2v) is 6.82. The summed E-state index contributed by atoms with van der Waals surface area (Å²) in [6.07, 6.45) is 7.99. The molecule has 1 aliphatic rings. The lowest BCUT2D eigenvalue weighted by Gasteiger charge is -2.23. The molecule has 2 rings (SSSR count). The summed E-state index contributed by atoms with van der Waals surface area (Å²) in [6, 6.07) is 5.80. The third-order valence-electron chi connectivity index (χ3n) is 4.44. The van der Waals surface area contributed by atoms with Crippen LogP contribution in [-0.4, -0.2) is 11.0 Å². The Labute approximate surface area is 134 Å². The zero-order valence-electron chi connectivity index (χ0n) is 12.5. The monoisotopic (exact) mass is 354 g/mol. The lowest BCUT2D eigenvalue weighted by Crippen LogP contribution is -2.32.